The van der Waals surface area contributed by atoms with Gasteiger partial charge in [0.15, 0.2) is 71.7 Å². The highest BCUT2D eigenvalue weighted by atomic mass is 32.3. The molecule has 3 rings (SSSR count). The molecule has 22 nitrogen and oxygen atoms in total. The van der Waals surface area contributed by atoms with E-state index in [1.165, 1.54) is 0 Å². The molecule has 76 heavy (non-hydrogen) atoms. The lowest BCUT2D eigenvalue weighted by Gasteiger charge is -2.34. The highest BCUT2D eigenvalue weighted by Gasteiger charge is 2.41. The first-order chi connectivity index (χ1) is 34.6. The molecular weight excluding hydrogens is 1110 g/mol. The molecule has 0 atom stereocenters. The van der Waals surface area contributed by atoms with Crippen LogP contribution < -0.4 is 16.0 Å². The van der Waals surface area contributed by atoms with Crippen molar-refractivity contribution in [3.8, 4) is 6.07 Å². The van der Waals surface area contributed by atoms with Gasteiger partial charge in [0, 0.05) is 99.5 Å². The molecule has 28 heteroatoms. The lowest BCUT2D eigenvalue weighted by Crippen LogP contribution is -2.36. The van der Waals surface area contributed by atoms with Crippen molar-refractivity contribution in [3.63, 3.8) is 0 Å². The predicted octanol–water partition coefficient (Wildman–Crippen LogP) is 3.51. The van der Waals surface area contributed by atoms with E-state index in [1.807, 2.05) is 52.5 Å². The molecule has 0 fully saturated rings. The number of nitrogens with one attached hydrogen (secondary N) is 3. The third-order valence-corrected chi connectivity index (χ3v) is 23.2. The number of hydrogen-bond donors (Lipinski definition) is 3. The molecule has 3 aliphatic rings. The topological polar surface area (TPSA) is 304 Å². The van der Waals surface area contributed by atoms with Crippen molar-refractivity contribution in [3.05, 3.63) is 86.3 Å². The summed E-state index contributed by atoms with van der Waals surface area (Å²) in [5, 5.41) is 19.6. The van der Waals surface area contributed by atoms with E-state index < -0.39 is 88.0 Å². The van der Waals surface area contributed by atoms with Crippen LogP contribution >= 0.6 is 0 Å². The van der Waals surface area contributed by atoms with Gasteiger partial charge in [-0.1, -0.05) is 41.5 Å². The molecule has 0 radical (unpaired) electrons. The van der Waals surface area contributed by atoms with Crippen molar-refractivity contribution < 1.29 is 64.7 Å². The Hall–Kier alpha value is -4.15. The van der Waals surface area contributed by atoms with E-state index in [0.29, 0.717) is 56.0 Å². The summed E-state index contributed by atoms with van der Waals surface area (Å²) in [6, 6.07) is 2.02. The van der Waals surface area contributed by atoms with Gasteiger partial charge in [-0.25, -0.2) is 60.2 Å². The predicted molar refractivity (Wildman–Crippen MR) is 292 cm³/mol. The van der Waals surface area contributed by atoms with Gasteiger partial charge in [0.2, 0.25) is 11.4 Å². The first-order valence-corrected chi connectivity index (χ1v) is 35.4. The molecule has 0 aliphatic heterocycles. The fourth-order valence-electron chi connectivity index (χ4n) is 9.69. The standard InChI is InChI=1S/C48H75N7O15S6/c1-46(2)27-34(43(71(9,56)57)72(10,58)59)37(33-49)38(30-46)52-15-21-68-24-18-55(19-25-69-22-16-53-39-31-47(3,4)28-35(41(39)50-7)44(73(11,60)61)74(12,62)63)20-26-70-23-17-54-40-32-48(5,6)29-36(42(40)51-8)45(75(13,64)65)76(14,66)67/h52-54H,15-32H2,1-6,9-14H3. The lowest BCUT2D eigenvalue weighted by atomic mass is 9.74. The Morgan fingerprint density at radius 1 is 0.474 bits per heavy atom. The molecule has 3 N–H and O–H groups in total. The van der Waals surface area contributed by atoms with Gasteiger partial charge in [0.25, 0.3) is 0 Å². The maximum atomic E-state index is 12.7. The molecule has 3 aliphatic carbocycles. The average Bonchev–Trinajstić information content (AvgIpc) is 3.19. The third-order valence-electron chi connectivity index (χ3n) is 12.2. The maximum Gasteiger partial charge on any atom is 0.210 e. The number of rotatable bonds is 27. The van der Waals surface area contributed by atoms with Crippen LogP contribution in [0.4, 0.5) is 0 Å². The van der Waals surface area contributed by atoms with Crippen LogP contribution in [-0.2, 0) is 73.2 Å². The van der Waals surface area contributed by atoms with Gasteiger partial charge < -0.3 is 30.2 Å². The summed E-state index contributed by atoms with van der Waals surface area (Å²) >= 11 is 0. The van der Waals surface area contributed by atoms with Gasteiger partial charge in [-0.3, -0.25) is 4.90 Å². The second kappa shape index (κ2) is 25.8. The van der Waals surface area contributed by atoms with Crippen LogP contribution in [0.2, 0.25) is 0 Å². The molecule has 0 bridgehead atoms. The van der Waals surface area contributed by atoms with Crippen molar-refractivity contribution in [2.75, 3.05) is 116 Å². The summed E-state index contributed by atoms with van der Waals surface area (Å²) in [6.07, 6.45) is 6.09. The highest BCUT2D eigenvalue weighted by molar-refractivity contribution is 8.14. The summed E-state index contributed by atoms with van der Waals surface area (Å²) in [5.41, 5.74) is -0.808. The molecule has 0 aromatic carbocycles. The smallest absolute Gasteiger partial charge is 0.210 e. The lowest BCUT2D eigenvalue weighted by molar-refractivity contribution is 0.0548. The van der Waals surface area contributed by atoms with Crippen LogP contribution in [0.5, 0.6) is 0 Å². The van der Waals surface area contributed by atoms with Crippen molar-refractivity contribution >= 4 is 59.0 Å². The summed E-state index contributed by atoms with van der Waals surface area (Å²) in [4.78, 5) is 9.15. The Bertz CT molecular complexity index is 2820. The summed E-state index contributed by atoms with van der Waals surface area (Å²) < 4.78 is 168. The SMILES string of the molecule is [C-]#[N+]C1=C(NCCOCCN(CCOCCNC2=C(C#N)C(=C(S(C)(=O)=O)S(C)(=O)=O)CC(C)(C)C2)CCOCCNC2=C([N+]#[C-])C(=C(S(C)(=O)=O)S(C)(=O)=O)CC(C)(C)C2)CC(C)(C)CC1=C(S(C)(=O)=O)S(C)(=O)=O. The summed E-state index contributed by atoms with van der Waals surface area (Å²) in [7, 11) is -25.3. The second-order valence-corrected chi connectivity index (χ2v) is 34.3. The molecule has 0 spiro atoms. The minimum absolute atomic E-state index is 0.0387. The second-order valence-electron chi connectivity index (χ2n) is 21.8. The van der Waals surface area contributed by atoms with Gasteiger partial charge in [-0.15, -0.1) is 0 Å². The highest BCUT2D eigenvalue weighted by Crippen LogP contribution is 2.46. The fourth-order valence-corrected chi connectivity index (χ4v) is 20.0. The van der Waals surface area contributed by atoms with Gasteiger partial charge in [0.1, 0.15) is 6.07 Å². The Morgan fingerprint density at radius 3 is 1.01 bits per heavy atom. The zero-order valence-electron chi connectivity index (χ0n) is 45.6. The van der Waals surface area contributed by atoms with Gasteiger partial charge in [-0.05, 0) is 65.9 Å². The Morgan fingerprint density at radius 2 is 0.737 bits per heavy atom. The molecule has 0 unspecified atom stereocenters. The molecular formula is C48H75N7O15S6. The van der Waals surface area contributed by atoms with Crippen LogP contribution in [0.3, 0.4) is 0 Å². The number of nitriles is 1. The van der Waals surface area contributed by atoms with Crippen molar-refractivity contribution in [2.24, 2.45) is 16.2 Å². The molecule has 0 saturated heterocycles. The largest absolute Gasteiger partial charge is 0.395 e. The zero-order chi connectivity index (χ0) is 58.1. The average molecular weight is 1180 g/mol. The van der Waals surface area contributed by atoms with Crippen molar-refractivity contribution in [2.45, 2.75) is 80.1 Å². The molecule has 428 valence electrons. The van der Waals surface area contributed by atoms with E-state index in [4.69, 9.17) is 27.4 Å². The summed E-state index contributed by atoms with van der Waals surface area (Å²) in [5.74, 6) is 0. The monoisotopic (exact) mass is 1180 g/mol. The van der Waals surface area contributed by atoms with Gasteiger partial charge >= 0.3 is 0 Å². The van der Waals surface area contributed by atoms with Crippen molar-refractivity contribution in [1.29, 1.82) is 5.26 Å². The van der Waals surface area contributed by atoms with E-state index in [-0.39, 0.29) is 112 Å². The van der Waals surface area contributed by atoms with E-state index in [2.05, 4.69) is 25.6 Å². The molecule has 0 amide bonds. The molecule has 0 aromatic rings. The normalized spacial score (nSPS) is 18.5. The fraction of sp³-hybridized carbons (Fsp3) is 0.688. The minimum Gasteiger partial charge on any atom is -0.395 e. The first kappa shape index (κ1) is 66.1. The number of sulfone groups is 6. The number of hydrogen-bond acceptors (Lipinski definition) is 20. The Kier molecular flexibility index (Phi) is 22.4. The van der Waals surface area contributed by atoms with Crippen LogP contribution in [0.25, 0.3) is 9.69 Å². The van der Waals surface area contributed by atoms with E-state index in [9.17, 15) is 55.8 Å². The van der Waals surface area contributed by atoms with E-state index >= 15 is 0 Å². The van der Waals surface area contributed by atoms with Crippen LogP contribution in [0.15, 0.2) is 63.5 Å². The third kappa shape index (κ3) is 19.3. The molecule has 0 aromatic heterocycles. The van der Waals surface area contributed by atoms with Gasteiger partial charge in [-0.2, -0.15) is 5.26 Å². The zero-order valence-corrected chi connectivity index (χ0v) is 50.5. The molecule has 0 heterocycles. The minimum atomic E-state index is -4.22. The summed E-state index contributed by atoms with van der Waals surface area (Å²) in [6.45, 7) is 29.8. The van der Waals surface area contributed by atoms with Crippen molar-refractivity contribution in [1.82, 2.24) is 20.9 Å². The quantitative estimate of drug-likeness (QED) is 0.0783. The van der Waals surface area contributed by atoms with Gasteiger partial charge in [0.05, 0.1) is 58.4 Å². The van der Waals surface area contributed by atoms with E-state index in [0.717, 1.165) is 37.5 Å². The Labute approximate surface area is 452 Å². The van der Waals surface area contributed by atoms with Crippen LogP contribution in [0, 0.1) is 40.7 Å². The number of allylic oxidation sites excluding steroid dienone is 7. The van der Waals surface area contributed by atoms with Crippen LogP contribution in [0.1, 0.15) is 80.1 Å². The first-order valence-electron chi connectivity index (χ1n) is 24.0. The number of ether oxygens (including phenoxy) is 3. The Balaban J connectivity index is 1.75. The van der Waals surface area contributed by atoms with Crippen LogP contribution in [-0.4, -0.2) is 172 Å². The number of nitrogens with zero attached hydrogens (tertiary/aromatic N) is 4. The maximum absolute atomic E-state index is 12.7. The molecule has 0 saturated carbocycles. The van der Waals surface area contributed by atoms with E-state index in [1.54, 1.807) is 0 Å².